The summed E-state index contributed by atoms with van der Waals surface area (Å²) in [5.74, 6) is 0.850. The second kappa shape index (κ2) is 4.30. The summed E-state index contributed by atoms with van der Waals surface area (Å²) in [7, 11) is 1.77. The molecule has 2 atom stereocenters. The zero-order chi connectivity index (χ0) is 11.8. The molecule has 0 amide bonds. The SMILES string of the molecule is COC1CC(Nc2ncncc2Br)C1(C)C. The van der Waals surface area contributed by atoms with E-state index in [2.05, 4.69) is 45.1 Å². The van der Waals surface area contributed by atoms with Crippen LogP contribution >= 0.6 is 15.9 Å². The van der Waals surface area contributed by atoms with Crippen LogP contribution in [0.1, 0.15) is 20.3 Å². The molecule has 0 radical (unpaired) electrons. The molecule has 1 aromatic rings. The van der Waals surface area contributed by atoms with Crippen molar-refractivity contribution in [2.75, 3.05) is 12.4 Å². The van der Waals surface area contributed by atoms with Gasteiger partial charge in [-0.15, -0.1) is 0 Å². The molecule has 1 saturated carbocycles. The maximum absolute atomic E-state index is 5.42. The Bertz CT molecular complexity index is 383. The van der Waals surface area contributed by atoms with Crippen molar-refractivity contribution in [1.29, 1.82) is 0 Å². The Morgan fingerprint density at radius 3 is 2.88 bits per heavy atom. The van der Waals surface area contributed by atoms with E-state index >= 15 is 0 Å². The molecule has 2 rings (SSSR count). The number of nitrogens with zero attached hydrogens (tertiary/aromatic N) is 2. The van der Waals surface area contributed by atoms with Gasteiger partial charge in [0.1, 0.15) is 12.1 Å². The number of halogens is 1. The van der Waals surface area contributed by atoms with Crippen molar-refractivity contribution in [2.24, 2.45) is 5.41 Å². The van der Waals surface area contributed by atoms with E-state index in [0.717, 1.165) is 16.7 Å². The molecule has 1 aliphatic rings. The molecule has 0 aliphatic heterocycles. The number of nitrogens with one attached hydrogen (secondary N) is 1. The molecule has 1 heterocycles. The van der Waals surface area contributed by atoms with E-state index in [1.165, 1.54) is 0 Å². The van der Waals surface area contributed by atoms with Crippen molar-refractivity contribution in [1.82, 2.24) is 9.97 Å². The van der Waals surface area contributed by atoms with Gasteiger partial charge in [-0.05, 0) is 22.4 Å². The third-order valence-corrected chi connectivity index (χ3v) is 4.02. The summed E-state index contributed by atoms with van der Waals surface area (Å²) in [6, 6.07) is 0.392. The molecular weight excluding hydrogens is 270 g/mol. The summed E-state index contributed by atoms with van der Waals surface area (Å²) in [5, 5.41) is 3.42. The number of rotatable bonds is 3. The van der Waals surface area contributed by atoms with E-state index in [1.807, 2.05) is 0 Å². The lowest BCUT2D eigenvalue weighted by Crippen LogP contribution is -2.57. The molecule has 0 bridgehead atoms. The fraction of sp³-hybridized carbons (Fsp3) is 0.636. The Morgan fingerprint density at radius 2 is 2.31 bits per heavy atom. The Balaban J connectivity index is 2.05. The van der Waals surface area contributed by atoms with Crippen molar-refractivity contribution >= 4 is 21.7 Å². The fourth-order valence-corrected chi connectivity index (χ4v) is 2.45. The number of methoxy groups -OCH3 is 1. The van der Waals surface area contributed by atoms with Gasteiger partial charge in [-0.1, -0.05) is 13.8 Å². The number of hydrogen-bond acceptors (Lipinski definition) is 4. The summed E-state index contributed by atoms with van der Waals surface area (Å²) in [6.07, 6.45) is 4.63. The molecule has 0 aromatic carbocycles. The molecule has 16 heavy (non-hydrogen) atoms. The highest BCUT2D eigenvalue weighted by molar-refractivity contribution is 9.10. The number of ether oxygens (including phenoxy) is 1. The van der Waals surface area contributed by atoms with E-state index in [0.29, 0.717) is 12.1 Å². The minimum Gasteiger partial charge on any atom is -0.381 e. The highest BCUT2D eigenvalue weighted by atomic mass is 79.9. The first-order valence-corrected chi connectivity index (χ1v) is 6.10. The Hall–Kier alpha value is -0.680. The lowest BCUT2D eigenvalue weighted by molar-refractivity contribution is -0.0795. The molecule has 5 heteroatoms. The highest BCUT2D eigenvalue weighted by Crippen LogP contribution is 2.44. The van der Waals surface area contributed by atoms with Crippen LogP contribution in [0, 0.1) is 5.41 Å². The molecule has 2 unspecified atom stereocenters. The first-order chi connectivity index (χ1) is 7.55. The van der Waals surface area contributed by atoms with E-state index in [9.17, 15) is 0 Å². The minimum atomic E-state index is 0.138. The van der Waals surface area contributed by atoms with Crippen LogP contribution in [0.3, 0.4) is 0 Å². The van der Waals surface area contributed by atoms with Crippen molar-refractivity contribution in [3.63, 3.8) is 0 Å². The quantitative estimate of drug-likeness (QED) is 0.927. The van der Waals surface area contributed by atoms with Gasteiger partial charge in [-0.3, -0.25) is 0 Å². The lowest BCUT2D eigenvalue weighted by atomic mass is 9.64. The Labute approximate surface area is 104 Å². The van der Waals surface area contributed by atoms with Crippen LogP contribution < -0.4 is 5.32 Å². The molecule has 88 valence electrons. The predicted molar refractivity (Wildman–Crippen MR) is 66.3 cm³/mol. The van der Waals surface area contributed by atoms with Gasteiger partial charge in [0.15, 0.2) is 0 Å². The average Bonchev–Trinajstić information content (AvgIpc) is 2.26. The first kappa shape index (κ1) is 11.8. The lowest BCUT2D eigenvalue weighted by Gasteiger charge is -2.51. The average molecular weight is 286 g/mol. The van der Waals surface area contributed by atoms with Gasteiger partial charge < -0.3 is 10.1 Å². The normalized spacial score (nSPS) is 27.2. The third kappa shape index (κ3) is 1.94. The van der Waals surface area contributed by atoms with Crippen LogP contribution in [0.2, 0.25) is 0 Å². The Kier molecular flexibility index (Phi) is 3.17. The maximum Gasteiger partial charge on any atom is 0.143 e. The zero-order valence-electron chi connectivity index (χ0n) is 9.70. The second-order valence-corrected chi connectivity index (χ2v) is 5.55. The highest BCUT2D eigenvalue weighted by Gasteiger charge is 2.48. The fourth-order valence-electron chi connectivity index (χ4n) is 2.11. The Morgan fingerprint density at radius 1 is 1.56 bits per heavy atom. The van der Waals surface area contributed by atoms with Crippen molar-refractivity contribution in [2.45, 2.75) is 32.4 Å². The molecule has 0 saturated heterocycles. The molecule has 1 aromatic heterocycles. The molecular formula is C11H16BrN3O. The van der Waals surface area contributed by atoms with Crippen LogP contribution in [0.4, 0.5) is 5.82 Å². The van der Waals surface area contributed by atoms with Gasteiger partial charge >= 0.3 is 0 Å². The van der Waals surface area contributed by atoms with Crippen LogP contribution in [-0.4, -0.2) is 29.2 Å². The van der Waals surface area contributed by atoms with Crippen molar-refractivity contribution < 1.29 is 4.74 Å². The molecule has 0 spiro atoms. The van der Waals surface area contributed by atoms with Gasteiger partial charge in [0, 0.05) is 24.8 Å². The topological polar surface area (TPSA) is 47.0 Å². The van der Waals surface area contributed by atoms with Gasteiger partial charge in [-0.25, -0.2) is 9.97 Å². The summed E-state index contributed by atoms with van der Waals surface area (Å²) >= 11 is 3.43. The van der Waals surface area contributed by atoms with E-state index in [4.69, 9.17) is 4.74 Å². The summed E-state index contributed by atoms with van der Waals surface area (Å²) in [5.41, 5.74) is 0.138. The van der Waals surface area contributed by atoms with Crippen molar-refractivity contribution in [3.05, 3.63) is 17.0 Å². The molecule has 1 N–H and O–H groups in total. The summed E-state index contributed by atoms with van der Waals surface area (Å²) < 4.78 is 6.31. The van der Waals surface area contributed by atoms with Crippen LogP contribution in [-0.2, 0) is 4.74 Å². The number of hydrogen-bond donors (Lipinski definition) is 1. The van der Waals surface area contributed by atoms with Crippen LogP contribution in [0.5, 0.6) is 0 Å². The zero-order valence-corrected chi connectivity index (χ0v) is 11.3. The van der Waals surface area contributed by atoms with Gasteiger partial charge in [0.2, 0.25) is 0 Å². The largest absolute Gasteiger partial charge is 0.381 e. The second-order valence-electron chi connectivity index (χ2n) is 4.70. The minimum absolute atomic E-state index is 0.138. The summed E-state index contributed by atoms with van der Waals surface area (Å²) in [6.45, 7) is 4.41. The van der Waals surface area contributed by atoms with Crippen molar-refractivity contribution in [3.8, 4) is 0 Å². The third-order valence-electron chi connectivity index (χ3n) is 3.44. The molecule has 1 fully saturated rings. The van der Waals surface area contributed by atoms with Gasteiger partial charge in [0.05, 0.1) is 10.6 Å². The number of anilines is 1. The monoisotopic (exact) mass is 285 g/mol. The predicted octanol–water partition coefficient (Wildman–Crippen LogP) is 2.46. The number of aromatic nitrogens is 2. The molecule has 1 aliphatic carbocycles. The maximum atomic E-state index is 5.42. The van der Waals surface area contributed by atoms with Gasteiger partial charge in [0.25, 0.3) is 0 Å². The summed E-state index contributed by atoms with van der Waals surface area (Å²) in [4.78, 5) is 8.15. The van der Waals surface area contributed by atoms with Gasteiger partial charge in [-0.2, -0.15) is 0 Å². The smallest absolute Gasteiger partial charge is 0.143 e. The first-order valence-electron chi connectivity index (χ1n) is 5.30. The standard InChI is InChI=1S/C11H16BrN3O/c1-11(2)8(4-9(11)16-3)15-10-7(12)5-13-6-14-10/h5-6,8-9H,4H2,1-3H3,(H,13,14,15). The van der Waals surface area contributed by atoms with E-state index in [-0.39, 0.29) is 5.41 Å². The van der Waals surface area contributed by atoms with Crippen LogP contribution in [0.25, 0.3) is 0 Å². The molecule has 4 nitrogen and oxygen atoms in total. The van der Waals surface area contributed by atoms with E-state index < -0.39 is 0 Å². The van der Waals surface area contributed by atoms with E-state index in [1.54, 1.807) is 19.6 Å². The van der Waals surface area contributed by atoms with Crippen LogP contribution in [0.15, 0.2) is 17.0 Å².